The summed E-state index contributed by atoms with van der Waals surface area (Å²) in [7, 11) is 0. The molecular formula is C15H21N3O. The van der Waals surface area contributed by atoms with Gasteiger partial charge in [0, 0.05) is 12.0 Å². The highest BCUT2D eigenvalue weighted by Crippen LogP contribution is 2.33. The number of ether oxygens (including phenoxy) is 1. The van der Waals surface area contributed by atoms with Gasteiger partial charge in [0.05, 0.1) is 23.3 Å². The normalized spacial score (nSPS) is 16.9. The van der Waals surface area contributed by atoms with Crippen molar-refractivity contribution in [2.75, 3.05) is 12.3 Å². The lowest BCUT2D eigenvalue weighted by molar-refractivity contribution is 0.342. The molecular weight excluding hydrogens is 238 g/mol. The largest absolute Gasteiger partial charge is 0.492 e. The Morgan fingerprint density at radius 1 is 1.32 bits per heavy atom. The first-order valence-electron chi connectivity index (χ1n) is 7.20. The summed E-state index contributed by atoms with van der Waals surface area (Å²) in [6.45, 7) is 2.58. The number of hydrogen-bond acceptors (Lipinski definition) is 3. The Hall–Kier alpha value is -1.71. The Labute approximate surface area is 113 Å². The van der Waals surface area contributed by atoms with Crippen molar-refractivity contribution in [3.63, 3.8) is 0 Å². The topological polar surface area (TPSA) is 63.9 Å². The van der Waals surface area contributed by atoms with Gasteiger partial charge in [-0.2, -0.15) is 0 Å². The van der Waals surface area contributed by atoms with Crippen molar-refractivity contribution in [2.24, 2.45) is 0 Å². The number of anilines is 1. The van der Waals surface area contributed by atoms with Crippen molar-refractivity contribution in [3.8, 4) is 5.75 Å². The predicted molar refractivity (Wildman–Crippen MR) is 77.5 cm³/mol. The number of nitrogen functional groups attached to an aromatic ring is 1. The van der Waals surface area contributed by atoms with E-state index in [0.29, 0.717) is 18.2 Å². The van der Waals surface area contributed by atoms with E-state index in [1.165, 1.54) is 32.1 Å². The van der Waals surface area contributed by atoms with E-state index in [0.717, 1.165) is 22.6 Å². The second-order valence-corrected chi connectivity index (χ2v) is 5.30. The number of nitrogens with two attached hydrogens (primary N) is 1. The first-order valence-corrected chi connectivity index (χ1v) is 7.20. The highest BCUT2D eigenvalue weighted by atomic mass is 16.5. The van der Waals surface area contributed by atoms with Crippen molar-refractivity contribution >= 4 is 16.7 Å². The number of rotatable bonds is 3. The average Bonchev–Trinajstić information content (AvgIpc) is 2.83. The molecule has 2 aromatic rings. The zero-order valence-corrected chi connectivity index (χ0v) is 11.4. The molecule has 0 unspecified atom stereocenters. The lowest BCUT2D eigenvalue weighted by Gasteiger charge is -2.18. The van der Waals surface area contributed by atoms with Crippen LogP contribution in [0, 0.1) is 0 Å². The van der Waals surface area contributed by atoms with E-state index in [4.69, 9.17) is 15.5 Å². The van der Waals surface area contributed by atoms with E-state index >= 15 is 0 Å². The summed E-state index contributed by atoms with van der Waals surface area (Å²) in [6.07, 6.45) is 6.47. The van der Waals surface area contributed by atoms with Crippen molar-refractivity contribution in [2.45, 2.75) is 44.9 Å². The van der Waals surface area contributed by atoms with Gasteiger partial charge in [-0.05, 0) is 25.8 Å². The van der Waals surface area contributed by atoms with Crippen LogP contribution in [0.15, 0.2) is 12.1 Å². The van der Waals surface area contributed by atoms with E-state index in [2.05, 4.69) is 4.98 Å². The molecule has 0 amide bonds. The molecule has 1 aromatic carbocycles. The van der Waals surface area contributed by atoms with Crippen LogP contribution in [0.1, 0.15) is 50.8 Å². The number of aromatic nitrogens is 2. The molecule has 1 aliphatic carbocycles. The monoisotopic (exact) mass is 259 g/mol. The van der Waals surface area contributed by atoms with Gasteiger partial charge in [-0.25, -0.2) is 4.98 Å². The molecule has 1 heterocycles. The van der Waals surface area contributed by atoms with Crippen LogP contribution in [0.4, 0.5) is 5.69 Å². The standard InChI is InChI=1S/C15H21N3O/c1-2-19-14-9-13-12(8-11(14)16)17-15(18-13)10-6-4-3-5-7-10/h8-10H,2-7,16H2,1H3,(H,17,18). The van der Waals surface area contributed by atoms with E-state index in [-0.39, 0.29) is 0 Å². The van der Waals surface area contributed by atoms with Gasteiger partial charge < -0.3 is 15.5 Å². The number of aromatic amines is 1. The number of hydrogen-bond donors (Lipinski definition) is 2. The van der Waals surface area contributed by atoms with Gasteiger partial charge in [0.2, 0.25) is 0 Å². The predicted octanol–water partition coefficient (Wildman–Crippen LogP) is 3.59. The molecule has 0 aliphatic heterocycles. The molecule has 4 nitrogen and oxygen atoms in total. The van der Waals surface area contributed by atoms with Crippen molar-refractivity contribution < 1.29 is 4.74 Å². The van der Waals surface area contributed by atoms with E-state index in [9.17, 15) is 0 Å². The van der Waals surface area contributed by atoms with E-state index < -0.39 is 0 Å². The van der Waals surface area contributed by atoms with Crippen LogP contribution in [-0.2, 0) is 0 Å². The maximum atomic E-state index is 5.99. The van der Waals surface area contributed by atoms with E-state index in [1.54, 1.807) is 0 Å². The van der Waals surface area contributed by atoms with Gasteiger partial charge >= 0.3 is 0 Å². The van der Waals surface area contributed by atoms with Gasteiger partial charge in [-0.3, -0.25) is 0 Å². The van der Waals surface area contributed by atoms with Crippen LogP contribution in [-0.4, -0.2) is 16.6 Å². The minimum atomic E-state index is 0.581. The molecule has 3 N–H and O–H groups in total. The van der Waals surface area contributed by atoms with Gasteiger partial charge in [-0.1, -0.05) is 19.3 Å². The van der Waals surface area contributed by atoms with Crippen LogP contribution in [0.2, 0.25) is 0 Å². The third-order valence-electron chi connectivity index (χ3n) is 3.92. The van der Waals surface area contributed by atoms with Crippen LogP contribution in [0.25, 0.3) is 11.0 Å². The average molecular weight is 259 g/mol. The number of fused-ring (bicyclic) bond motifs is 1. The Morgan fingerprint density at radius 3 is 2.84 bits per heavy atom. The Balaban J connectivity index is 1.95. The lowest BCUT2D eigenvalue weighted by Crippen LogP contribution is -2.05. The number of H-pyrrole nitrogens is 1. The lowest BCUT2D eigenvalue weighted by atomic mass is 9.89. The first-order chi connectivity index (χ1) is 9.28. The summed E-state index contributed by atoms with van der Waals surface area (Å²) in [5.74, 6) is 2.43. The highest BCUT2D eigenvalue weighted by Gasteiger charge is 2.19. The molecule has 0 radical (unpaired) electrons. The number of nitrogens with zero attached hydrogens (tertiary/aromatic N) is 1. The molecule has 19 heavy (non-hydrogen) atoms. The summed E-state index contributed by atoms with van der Waals surface area (Å²) in [4.78, 5) is 8.16. The molecule has 102 valence electrons. The molecule has 1 saturated carbocycles. The molecule has 4 heteroatoms. The van der Waals surface area contributed by atoms with Crippen molar-refractivity contribution in [1.82, 2.24) is 9.97 Å². The summed E-state index contributed by atoms with van der Waals surface area (Å²) >= 11 is 0. The fraction of sp³-hybridized carbons (Fsp3) is 0.533. The fourth-order valence-electron chi connectivity index (χ4n) is 2.92. The Bertz CT molecular complexity index is 570. The molecule has 1 fully saturated rings. The maximum Gasteiger partial charge on any atom is 0.144 e. The Morgan fingerprint density at radius 2 is 2.11 bits per heavy atom. The summed E-state index contributed by atoms with van der Waals surface area (Å²) in [5.41, 5.74) is 8.63. The summed E-state index contributed by atoms with van der Waals surface area (Å²) in [5, 5.41) is 0. The minimum Gasteiger partial charge on any atom is -0.492 e. The van der Waals surface area contributed by atoms with Crippen LogP contribution in [0.3, 0.4) is 0 Å². The molecule has 1 aromatic heterocycles. The Kier molecular flexibility index (Phi) is 3.32. The molecule has 0 spiro atoms. The van der Waals surface area contributed by atoms with Crippen LogP contribution < -0.4 is 10.5 Å². The summed E-state index contributed by atoms with van der Waals surface area (Å²) < 4.78 is 5.52. The van der Waals surface area contributed by atoms with Gasteiger partial charge in [-0.15, -0.1) is 0 Å². The number of nitrogens with one attached hydrogen (secondary N) is 1. The number of imidazole rings is 1. The second kappa shape index (κ2) is 5.11. The van der Waals surface area contributed by atoms with Gasteiger partial charge in [0.1, 0.15) is 11.6 Å². The first kappa shape index (κ1) is 12.3. The van der Waals surface area contributed by atoms with E-state index in [1.807, 2.05) is 19.1 Å². The zero-order valence-electron chi connectivity index (χ0n) is 11.4. The van der Waals surface area contributed by atoms with Gasteiger partial charge in [0.25, 0.3) is 0 Å². The number of benzene rings is 1. The highest BCUT2D eigenvalue weighted by molar-refractivity contribution is 5.82. The quantitative estimate of drug-likeness (QED) is 0.828. The van der Waals surface area contributed by atoms with Crippen LogP contribution in [0.5, 0.6) is 5.75 Å². The molecule has 0 bridgehead atoms. The fourth-order valence-corrected chi connectivity index (χ4v) is 2.92. The minimum absolute atomic E-state index is 0.581. The maximum absolute atomic E-state index is 5.99. The smallest absolute Gasteiger partial charge is 0.144 e. The molecule has 0 saturated heterocycles. The van der Waals surface area contributed by atoms with Gasteiger partial charge in [0.15, 0.2) is 0 Å². The summed E-state index contributed by atoms with van der Waals surface area (Å²) in [6, 6.07) is 3.87. The van der Waals surface area contributed by atoms with Crippen molar-refractivity contribution in [1.29, 1.82) is 0 Å². The third-order valence-corrected chi connectivity index (χ3v) is 3.92. The molecule has 1 aliphatic rings. The van der Waals surface area contributed by atoms with Crippen molar-refractivity contribution in [3.05, 3.63) is 18.0 Å². The molecule has 3 rings (SSSR count). The second-order valence-electron chi connectivity index (χ2n) is 5.30. The van der Waals surface area contributed by atoms with Crippen LogP contribution >= 0.6 is 0 Å². The zero-order chi connectivity index (χ0) is 13.2. The third kappa shape index (κ3) is 2.39. The molecule has 0 atom stereocenters. The SMILES string of the molecule is CCOc1cc2nc(C3CCCCC3)[nH]c2cc1N.